The number of hydrogen-bond donors (Lipinski definition) is 1. The van der Waals surface area contributed by atoms with E-state index in [1.807, 2.05) is 52.9 Å². The van der Waals surface area contributed by atoms with Crippen molar-refractivity contribution in [3.63, 3.8) is 0 Å². The monoisotopic (exact) mass is 306 g/mol. The Labute approximate surface area is 136 Å². The van der Waals surface area contributed by atoms with Gasteiger partial charge in [-0.05, 0) is 51.0 Å². The number of pyridine rings is 1. The molecule has 3 saturated carbocycles. The molecule has 0 radical (unpaired) electrons. The molecule has 3 heteroatoms. The van der Waals surface area contributed by atoms with Gasteiger partial charge in [-0.1, -0.05) is 33.8 Å². The highest BCUT2D eigenvalue weighted by atomic mass is 16.5. The molecule has 0 amide bonds. The quantitative estimate of drug-likeness (QED) is 0.866. The summed E-state index contributed by atoms with van der Waals surface area (Å²) in [6, 6.07) is 4.01. The van der Waals surface area contributed by atoms with Gasteiger partial charge in [0, 0.05) is 23.2 Å². The van der Waals surface area contributed by atoms with Crippen LogP contribution in [0.4, 0.5) is 0 Å². The Balaban J connectivity index is 0.000000561. The number of aryl methyl sites for hydroxylation is 1. The molecule has 1 heterocycles. The van der Waals surface area contributed by atoms with Gasteiger partial charge in [-0.2, -0.15) is 0 Å². The van der Waals surface area contributed by atoms with Gasteiger partial charge in [-0.25, -0.2) is 4.98 Å². The van der Waals surface area contributed by atoms with Gasteiger partial charge in [-0.3, -0.25) is 0 Å². The number of ether oxygens (including phenoxy) is 1. The van der Waals surface area contributed by atoms with E-state index in [4.69, 9.17) is 10.5 Å². The third kappa shape index (κ3) is 4.70. The normalized spacial score (nSPS) is 28.8. The average molecular weight is 306 g/mol. The number of nitrogens with zero attached hydrogens (tertiary/aromatic N) is 1. The van der Waals surface area contributed by atoms with E-state index in [1.54, 1.807) is 0 Å². The van der Waals surface area contributed by atoms with Crippen molar-refractivity contribution >= 4 is 0 Å². The zero-order valence-electron chi connectivity index (χ0n) is 15.1. The van der Waals surface area contributed by atoms with Gasteiger partial charge in [0.25, 0.3) is 0 Å². The third-order valence-electron chi connectivity index (χ3n) is 4.87. The van der Waals surface area contributed by atoms with E-state index in [9.17, 15) is 0 Å². The molecule has 3 fully saturated rings. The number of nitrogens with two attached hydrogens (primary N) is 1. The van der Waals surface area contributed by atoms with Crippen molar-refractivity contribution in [2.75, 3.05) is 6.61 Å². The van der Waals surface area contributed by atoms with Crippen molar-refractivity contribution in [1.82, 2.24) is 4.98 Å². The Bertz CT molecular complexity index is 403. The standard InChI is InChI=1S/C15H22N2O.2C2H6/c1-12-2-3-13(17-10-12)18-11-14-4-7-15(16,8-5-14)9-6-14;2*1-2/h2-3,10H,4-9,11,16H2,1H3;2*1-2H3. The lowest BCUT2D eigenvalue weighted by molar-refractivity contribution is 0.00407. The summed E-state index contributed by atoms with van der Waals surface area (Å²) in [4.78, 5) is 4.31. The molecule has 22 heavy (non-hydrogen) atoms. The highest BCUT2D eigenvalue weighted by Crippen LogP contribution is 2.51. The first-order valence-electron chi connectivity index (χ1n) is 8.94. The van der Waals surface area contributed by atoms with Crippen LogP contribution in [0, 0.1) is 12.3 Å². The van der Waals surface area contributed by atoms with Crippen LogP contribution >= 0.6 is 0 Å². The van der Waals surface area contributed by atoms with Crippen molar-refractivity contribution in [2.24, 2.45) is 11.1 Å². The van der Waals surface area contributed by atoms with E-state index in [0.29, 0.717) is 5.41 Å². The molecule has 0 spiro atoms. The molecule has 2 bridgehead atoms. The molecule has 0 atom stereocenters. The summed E-state index contributed by atoms with van der Waals surface area (Å²) < 4.78 is 5.90. The third-order valence-corrected chi connectivity index (χ3v) is 4.87. The highest BCUT2D eigenvalue weighted by molar-refractivity contribution is 5.16. The molecule has 0 saturated heterocycles. The van der Waals surface area contributed by atoms with Gasteiger partial charge in [0.2, 0.25) is 5.88 Å². The molecule has 3 nitrogen and oxygen atoms in total. The minimum Gasteiger partial charge on any atom is -0.477 e. The maximum absolute atomic E-state index is 6.33. The summed E-state index contributed by atoms with van der Waals surface area (Å²) in [5, 5.41) is 0. The smallest absolute Gasteiger partial charge is 0.213 e. The molecule has 1 aromatic heterocycles. The number of rotatable bonds is 3. The summed E-state index contributed by atoms with van der Waals surface area (Å²) in [6.07, 6.45) is 9.01. The van der Waals surface area contributed by atoms with Gasteiger partial charge in [0.05, 0.1) is 6.61 Å². The van der Waals surface area contributed by atoms with Crippen molar-refractivity contribution in [3.05, 3.63) is 23.9 Å². The molecule has 0 unspecified atom stereocenters. The number of fused-ring (bicyclic) bond motifs is 3. The molecule has 0 aliphatic heterocycles. The Morgan fingerprint density at radius 1 is 1.00 bits per heavy atom. The van der Waals surface area contributed by atoms with Crippen LogP contribution in [-0.2, 0) is 0 Å². The summed E-state index contributed by atoms with van der Waals surface area (Å²) in [5.41, 5.74) is 8.01. The summed E-state index contributed by atoms with van der Waals surface area (Å²) in [5.74, 6) is 0.755. The lowest BCUT2D eigenvalue weighted by Crippen LogP contribution is -2.53. The molecule has 126 valence electrons. The Hall–Kier alpha value is -1.09. The van der Waals surface area contributed by atoms with Crippen LogP contribution in [0.5, 0.6) is 5.88 Å². The fourth-order valence-electron chi connectivity index (χ4n) is 3.28. The molecular formula is C19H34N2O. The van der Waals surface area contributed by atoms with Crippen LogP contribution in [0.3, 0.4) is 0 Å². The summed E-state index contributed by atoms with van der Waals surface area (Å²) in [7, 11) is 0. The second-order valence-electron chi connectivity index (χ2n) is 6.32. The van der Waals surface area contributed by atoms with Crippen molar-refractivity contribution in [1.29, 1.82) is 0 Å². The average Bonchev–Trinajstić information content (AvgIpc) is 2.59. The maximum Gasteiger partial charge on any atom is 0.213 e. The van der Waals surface area contributed by atoms with Crippen molar-refractivity contribution in [2.45, 2.75) is 78.7 Å². The molecule has 1 aromatic rings. The van der Waals surface area contributed by atoms with E-state index in [-0.39, 0.29) is 5.54 Å². The largest absolute Gasteiger partial charge is 0.477 e. The summed E-state index contributed by atoms with van der Waals surface area (Å²) >= 11 is 0. The van der Waals surface area contributed by atoms with Crippen LogP contribution in [0.2, 0.25) is 0 Å². The second kappa shape index (κ2) is 8.52. The molecule has 2 N–H and O–H groups in total. The van der Waals surface area contributed by atoms with E-state index < -0.39 is 0 Å². The van der Waals surface area contributed by atoms with Gasteiger partial charge < -0.3 is 10.5 Å². The van der Waals surface area contributed by atoms with E-state index in [2.05, 4.69) is 4.98 Å². The molecule has 0 aromatic carbocycles. The number of aromatic nitrogens is 1. The van der Waals surface area contributed by atoms with Gasteiger partial charge in [-0.15, -0.1) is 0 Å². The Kier molecular flexibility index (Phi) is 7.34. The van der Waals surface area contributed by atoms with Crippen LogP contribution in [0.1, 0.15) is 71.8 Å². The minimum absolute atomic E-state index is 0.143. The van der Waals surface area contributed by atoms with E-state index in [1.165, 1.54) is 24.8 Å². The molecule has 3 aliphatic carbocycles. The first kappa shape index (κ1) is 19.0. The highest BCUT2D eigenvalue weighted by Gasteiger charge is 2.47. The first-order chi connectivity index (χ1) is 10.6. The van der Waals surface area contributed by atoms with Gasteiger partial charge in [0.15, 0.2) is 0 Å². The van der Waals surface area contributed by atoms with Crippen molar-refractivity contribution in [3.8, 4) is 5.88 Å². The minimum atomic E-state index is 0.143. The van der Waals surface area contributed by atoms with Gasteiger partial charge >= 0.3 is 0 Å². The topological polar surface area (TPSA) is 48.1 Å². The number of hydrogen-bond acceptors (Lipinski definition) is 3. The van der Waals surface area contributed by atoms with Crippen molar-refractivity contribution < 1.29 is 4.74 Å². The molecule has 3 aliphatic rings. The van der Waals surface area contributed by atoms with Crippen LogP contribution < -0.4 is 10.5 Å². The lowest BCUT2D eigenvalue weighted by atomic mass is 9.58. The predicted molar refractivity (Wildman–Crippen MR) is 94.2 cm³/mol. The van der Waals surface area contributed by atoms with Crippen LogP contribution in [0.15, 0.2) is 18.3 Å². The molecular weight excluding hydrogens is 272 g/mol. The second-order valence-corrected chi connectivity index (χ2v) is 6.32. The zero-order chi connectivity index (χ0) is 16.6. The SMILES string of the molecule is CC.CC.Cc1ccc(OCC23CCC(N)(CC2)CC3)nc1. The van der Waals surface area contributed by atoms with E-state index in [0.717, 1.165) is 31.7 Å². The first-order valence-corrected chi connectivity index (χ1v) is 8.94. The predicted octanol–water partition coefficient (Wildman–Crippen LogP) is 4.87. The Morgan fingerprint density at radius 2 is 1.55 bits per heavy atom. The van der Waals surface area contributed by atoms with Crippen LogP contribution in [-0.4, -0.2) is 17.1 Å². The lowest BCUT2D eigenvalue weighted by Gasteiger charge is -2.51. The van der Waals surface area contributed by atoms with E-state index >= 15 is 0 Å². The fraction of sp³-hybridized carbons (Fsp3) is 0.737. The summed E-state index contributed by atoms with van der Waals surface area (Å²) in [6.45, 7) is 10.8. The fourth-order valence-corrected chi connectivity index (χ4v) is 3.28. The maximum atomic E-state index is 6.33. The molecule has 4 rings (SSSR count). The van der Waals surface area contributed by atoms with Gasteiger partial charge in [0.1, 0.15) is 0 Å². The zero-order valence-corrected chi connectivity index (χ0v) is 15.1. The Morgan fingerprint density at radius 3 is 2.00 bits per heavy atom. The van der Waals surface area contributed by atoms with Crippen LogP contribution in [0.25, 0.3) is 0 Å².